The van der Waals surface area contributed by atoms with Crippen molar-refractivity contribution in [3.8, 4) is 0 Å². The molecule has 0 aliphatic carbocycles. The summed E-state index contributed by atoms with van der Waals surface area (Å²) in [6.45, 7) is 3.64. The number of rotatable bonds is 35. The van der Waals surface area contributed by atoms with E-state index >= 15 is 0 Å². The van der Waals surface area contributed by atoms with Crippen LogP contribution in [0, 0.1) is 0 Å². The molecule has 0 radical (unpaired) electrons. The van der Waals surface area contributed by atoms with Crippen molar-refractivity contribution in [1.82, 2.24) is 0 Å². The van der Waals surface area contributed by atoms with Crippen LogP contribution in [0.15, 0.2) is 24.3 Å². The Hall–Kier alpha value is -1.47. The average Bonchev–Trinajstić information content (AvgIpc) is 3.04. The zero-order chi connectivity index (χ0) is 34.7. The summed E-state index contributed by atoms with van der Waals surface area (Å²) in [4.78, 5) is 42.7. The molecule has 8 nitrogen and oxygen atoms in total. The van der Waals surface area contributed by atoms with Gasteiger partial charge in [0.05, 0.1) is 6.61 Å². The molecule has 1 atom stereocenters. The van der Waals surface area contributed by atoms with Crippen LogP contribution >= 0.6 is 7.82 Å². The Morgan fingerprint density at radius 1 is 0.553 bits per heavy atom. The molecule has 0 saturated carbocycles. The molecule has 9 heteroatoms. The van der Waals surface area contributed by atoms with E-state index in [1.165, 1.54) is 96.3 Å². The van der Waals surface area contributed by atoms with Gasteiger partial charge in [-0.05, 0) is 44.9 Å². The molecule has 0 bridgehead atoms. The molecular weight excluding hydrogens is 615 g/mol. The molecule has 276 valence electrons. The van der Waals surface area contributed by atoms with Crippen molar-refractivity contribution in [3.05, 3.63) is 24.3 Å². The zero-order valence-corrected chi connectivity index (χ0v) is 31.1. The third-order valence-electron chi connectivity index (χ3n) is 8.22. The highest BCUT2D eigenvalue weighted by Gasteiger charge is 2.22. The molecule has 0 aromatic rings. The van der Waals surface area contributed by atoms with E-state index in [1.54, 1.807) is 0 Å². The van der Waals surface area contributed by atoms with Crippen molar-refractivity contribution in [2.24, 2.45) is 0 Å². The fourth-order valence-electron chi connectivity index (χ4n) is 5.34. The highest BCUT2D eigenvalue weighted by atomic mass is 31.2. The summed E-state index contributed by atoms with van der Waals surface area (Å²) in [5.41, 5.74) is 0. The number of esters is 2. The van der Waals surface area contributed by atoms with Gasteiger partial charge in [-0.3, -0.25) is 14.1 Å². The summed E-state index contributed by atoms with van der Waals surface area (Å²) in [6, 6.07) is 0. The van der Waals surface area contributed by atoms with E-state index in [-0.39, 0.29) is 19.4 Å². The number of phosphoric acid groups is 1. The fraction of sp³-hybridized carbons (Fsp3) is 0.842. The Kier molecular flexibility index (Phi) is 33.3. The molecule has 0 unspecified atom stereocenters. The van der Waals surface area contributed by atoms with Gasteiger partial charge >= 0.3 is 19.8 Å². The van der Waals surface area contributed by atoms with Gasteiger partial charge < -0.3 is 19.3 Å². The maximum atomic E-state index is 12.3. The molecule has 0 aromatic heterocycles. The summed E-state index contributed by atoms with van der Waals surface area (Å²) < 4.78 is 26.3. The Balaban J connectivity index is 3.94. The Morgan fingerprint density at radius 2 is 0.957 bits per heavy atom. The van der Waals surface area contributed by atoms with Gasteiger partial charge in [0, 0.05) is 12.8 Å². The Labute approximate surface area is 288 Å². The molecular formula is C38H71O8P. The molecule has 47 heavy (non-hydrogen) atoms. The number of allylic oxidation sites excluding steroid dienone is 4. The normalized spacial score (nSPS) is 12.7. The Bertz CT molecular complexity index is 823. The summed E-state index contributed by atoms with van der Waals surface area (Å²) in [6.07, 6.45) is 37.5. The second-order valence-electron chi connectivity index (χ2n) is 12.9. The lowest BCUT2D eigenvalue weighted by Gasteiger charge is -2.18. The van der Waals surface area contributed by atoms with Crippen molar-refractivity contribution in [2.75, 3.05) is 13.2 Å². The molecule has 0 saturated heterocycles. The van der Waals surface area contributed by atoms with Crippen LogP contribution in [0.4, 0.5) is 0 Å². The van der Waals surface area contributed by atoms with Crippen LogP contribution in [-0.4, -0.2) is 41.0 Å². The lowest BCUT2D eigenvalue weighted by molar-refractivity contribution is -0.161. The van der Waals surface area contributed by atoms with Crippen LogP contribution < -0.4 is 0 Å². The largest absolute Gasteiger partial charge is 0.469 e. The molecule has 0 amide bonds. The third-order valence-corrected chi connectivity index (χ3v) is 8.71. The number of hydrogen-bond acceptors (Lipinski definition) is 6. The van der Waals surface area contributed by atoms with Gasteiger partial charge in [-0.1, -0.05) is 154 Å². The molecule has 0 aliphatic rings. The quantitative estimate of drug-likeness (QED) is 0.0292. The first-order chi connectivity index (χ1) is 22.8. The number of carbonyl (C=O) groups is 2. The van der Waals surface area contributed by atoms with Gasteiger partial charge in [0.25, 0.3) is 0 Å². The minimum Gasteiger partial charge on any atom is -0.462 e. The van der Waals surface area contributed by atoms with Crippen LogP contribution in [0.3, 0.4) is 0 Å². The SMILES string of the molecule is CCCCC/C=C/C/C=C/CCCCCCCCCC(=O)OC[C@H](COP(=O)(O)O)OC(=O)CCCCCCCCCCCCCC. The highest BCUT2D eigenvalue weighted by molar-refractivity contribution is 7.46. The topological polar surface area (TPSA) is 119 Å². The van der Waals surface area contributed by atoms with E-state index < -0.39 is 32.5 Å². The predicted molar refractivity (Wildman–Crippen MR) is 193 cm³/mol. The fourth-order valence-corrected chi connectivity index (χ4v) is 5.70. The molecule has 2 N–H and O–H groups in total. The minimum absolute atomic E-state index is 0.214. The summed E-state index contributed by atoms with van der Waals surface area (Å²) in [7, 11) is -4.75. The number of unbranched alkanes of at least 4 members (excludes halogenated alkanes) is 21. The van der Waals surface area contributed by atoms with E-state index in [0.717, 1.165) is 57.8 Å². The number of carbonyl (C=O) groups excluding carboxylic acids is 2. The summed E-state index contributed by atoms with van der Waals surface area (Å²) in [5, 5.41) is 0. The van der Waals surface area contributed by atoms with E-state index in [0.29, 0.717) is 6.42 Å². The molecule has 0 aliphatic heterocycles. The standard InChI is InChI=1S/C38H71O8P/c1-3-5-7-9-11-13-15-17-18-19-20-21-23-24-26-28-30-32-37(39)44-34-36(35-45-47(41,42)43)46-38(40)33-31-29-27-25-22-16-14-12-10-8-6-4-2/h11,13,17-18,36H,3-10,12,14-16,19-35H2,1-2H3,(H2,41,42,43)/b13-11+,18-17+/t36-/m1/s1. The highest BCUT2D eigenvalue weighted by Crippen LogP contribution is 2.36. The van der Waals surface area contributed by atoms with Crippen molar-refractivity contribution >= 4 is 19.8 Å². The van der Waals surface area contributed by atoms with E-state index in [2.05, 4.69) is 42.7 Å². The number of ether oxygens (including phenoxy) is 2. The van der Waals surface area contributed by atoms with Crippen molar-refractivity contribution in [2.45, 2.75) is 193 Å². The van der Waals surface area contributed by atoms with Gasteiger partial charge in [0.1, 0.15) is 6.61 Å². The smallest absolute Gasteiger partial charge is 0.462 e. The number of phosphoric ester groups is 1. The lowest BCUT2D eigenvalue weighted by atomic mass is 10.0. The van der Waals surface area contributed by atoms with E-state index in [9.17, 15) is 14.2 Å². The van der Waals surface area contributed by atoms with E-state index in [1.807, 2.05) is 0 Å². The monoisotopic (exact) mass is 686 g/mol. The molecule has 0 heterocycles. The summed E-state index contributed by atoms with van der Waals surface area (Å²) in [5.74, 6) is -0.889. The zero-order valence-electron chi connectivity index (χ0n) is 30.2. The molecule has 0 fully saturated rings. The van der Waals surface area contributed by atoms with E-state index in [4.69, 9.17) is 19.3 Å². The third kappa shape index (κ3) is 37.2. The van der Waals surface area contributed by atoms with Gasteiger partial charge in [-0.2, -0.15) is 0 Å². The first-order valence-corrected chi connectivity index (χ1v) is 20.7. The van der Waals surface area contributed by atoms with Gasteiger partial charge in [-0.15, -0.1) is 0 Å². The van der Waals surface area contributed by atoms with Crippen LogP contribution in [0.2, 0.25) is 0 Å². The maximum absolute atomic E-state index is 12.3. The van der Waals surface area contributed by atoms with Crippen molar-refractivity contribution in [3.63, 3.8) is 0 Å². The predicted octanol–water partition coefficient (Wildman–Crippen LogP) is 11.2. The lowest BCUT2D eigenvalue weighted by Crippen LogP contribution is -2.29. The van der Waals surface area contributed by atoms with Crippen LogP contribution in [-0.2, 0) is 28.2 Å². The summed E-state index contributed by atoms with van der Waals surface area (Å²) >= 11 is 0. The average molecular weight is 687 g/mol. The van der Waals surface area contributed by atoms with Crippen molar-refractivity contribution < 1.29 is 37.9 Å². The second-order valence-corrected chi connectivity index (χ2v) is 14.1. The molecule has 0 rings (SSSR count). The van der Waals surface area contributed by atoms with Gasteiger partial charge in [-0.25, -0.2) is 4.57 Å². The molecule has 0 aromatic carbocycles. The van der Waals surface area contributed by atoms with Crippen LogP contribution in [0.1, 0.15) is 187 Å². The minimum atomic E-state index is -4.75. The van der Waals surface area contributed by atoms with Crippen LogP contribution in [0.5, 0.6) is 0 Å². The second kappa shape index (κ2) is 34.4. The van der Waals surface area contributed by atoms with Gasteiger partial charge in [0.2, 0.25) is 0 Å². The first-order valence-electron chi connectivity index (χ1n) is 19.1. The Morgan fingerprint density at radius 3 is 1.45 bits per heavy atom. The maximum Gasteiger partial charge on any atom is 0.469 e. The number of hydrogen-bond donors (Lipinski definition) is 2. The van der Waals surface area contributed by atoms with Crippen molar-refractivity contribution in [1.29, 1.82) is 0 Å². The van der Waals surface area contributed by atoms with Crippen LogP contribution in [0.25, 0.3) is 0 Å². The molecule has 0 spiro atoms. The van der Waals surface area contributed by atoms with Gasteiger partial charge in [0.15, 0.2) is 6.10 Å². The first kappa shape index (κ1) is 45.5.